The molecule has 0 aromatic carbocycles. The predicted octanol–water partition coefficient (Wildman–Crippen LogP) is 1.61. The van der Waals surface area contributed by atoms with Gasteiger partial charge in [-0.3, -0.25) is 4.99 Å². The van der Waals surface area contributed by atoms with E-state index in [0.717, 1.165) is 64.8 Å². The van der Waals surface area contributed by atoms with Crippen molar-refractivity contribution in [2.75, 3.05) is 59.1 Å². The maximum absolute atomic E-state index is 5.68. The molecule has 24 heavy (non-hydrogen) atoms. The summed E-state index contributed by atoms with van der Waals surface area (Å²) in [6.07, 6.45) is 7.68. The minimum atomic E-state index is 0.322. The van der Waals surface area contributed by atoms with Crippen LogP contribution in [0, 0.1) is 0 Å². The number of guanidine groups is 1. The standard InChI is InChI=1S/C18H36N4O2/c1-2-19-18(21-10-13-22-11-4-3-5-12-22)20-9-7-14-23-16-17-8-6-15-24-17/h17H,2-16H2,1H3,(H2,19,20,21). The molecule has 0 bridgehead atoms. The van der Waals surface area contributed by atoms with Gasteiger partial charge in [0.15, 0.2) is 5.96 Å². The number of hydrogen-bond donors (Lipinski definition) is 2. The zero-order valence-corrected chi connectivity index (χ0v) is 15.4. The third kappa shape index (κ3) is 8.31. The average molecular weight is 341 g/mol. The van der Waals surface area contributed by atoms with Crippen LogP contribution in [-0.4, -0.2) is 76.1 Å². The summed E-state index contributed by atoms with van der Waals surface area (Å²) in [5.41, 5.74) is 0. The first-order chi connectivity index (χ1) is 11.9. The summed E-state index contributed by atoms with van der Waals surface area (Å²) in [6, 6.07) is 0. The lowest BCUT2D eigenvalue weighted by molar-refractivity contribution is 0.0171. The van der Waals surface area contributed by atoms with Gasteiger partial charge in [-0.05, 0) is 52.1 Å². The molecule has 1 atom stereocenters. The van der Waals surface area contributed by atoms with Crippen LogP contribution >= 0.6 is 0 Å². The molecule has 2 fully saturated rings. The van der Waals surface area contributed by atoms with E-state index in [2.05, 4.69) is 27.4 Å². The Kier molecular flexibility index (Phi) is 10.1. The zero-order chi connectivity index (χ0) is 16.9. The monoisotopic (exact) mass is 340 g/mol. The second-order valence-electron chi connectivity index (χ2n) is 6.65. The van der Waals surface area contributed by atoms with Crippen molar-refractivity contribution in [3.05, 3.63) is 0 Å². The number of hydrogen-bond acceptors (Lipinski definition) is 4. The summed E-state index contributed by atoms with van der Waals surface area (Å²) in [6.45, 7) is 10.7. The molecule has 2 saturated heterocycles. The normalized spacial score (nSPS) is 22.7. The van der Waals surface area contributed by atoms with Crippen molar-refractivity contribution in [1.82, 2.24) is 15.5 Å². The van der Waals surface area contributed by atoms with Gasteiger partial charge in [-0.1, -0.05) is 6.42 Å². The molecule has 0 saturated carbocycles. The van der Waals surface area contributed by atoms with Crippen LogP contribution in [0.4, 0.5) is 0 Å². The molecule has 6 nitrogen and oxygen atoms in total. The van der Waals surface area contributed by atoms with Crippen LogP contribution in [0.5, 0.6) is 0 Å². The molecule has 2 heterocycles. The molecule has 6 heteroatoms. The summed E-state index contributed by atoms with van der Waals surface area (Å²) in [7, 11) is 0. The van der Waals surface area contributed by atoms with E-state index in [4.69, 9.17) is 9.47 Å². The van der Waals surface area contributed by atoms with Gasteiger partial charge in [0.25, 0.3) is 0 Å². The van der Waals surface area contributed by atoms with Gasteiger partial charge in [-0.25, -0.2) is 0 Å². The Bertz CT molecular complexity index is 340. The van der Waals surface area contributed by atoms with Crippen molar-refractivity contribution < 1.29 is 9.47 Å². The Morgan fingerprint density at radius 3 is 2.83 bits per heavy atom. The fourth-order valence-corrected chi connectivity index (χ4v) is 3.21. The molecule has 0 aromatic heterocycles. The lowest BCUT2D eigenvalue weighted by Crippen LogP contribution is -2.42. The molecule has 2 rings (SSSR count). The molecule has 0 amide bonds. The van der Waals surface area contributed by atoms with Crippen LogP contribution in [0.3, 0.4) is 0 Å². The minimum absolute atomic E-state index is 0.322. The fraction of sp³-hybridized carbons (Fsp3) is 0.944. The van der Waals surface area contributed by atoms with Gasteiger partial charge in [0.1, 0.15) is 0 Å². The Balaban J connectivity index is 1.52. The molecular weight excluding hydrogens is 304 g/mol. The third-order valence-corrected chi connectivity index (χ3v) is 4.56. The number of aliphatic imine (C=N–C) groups is 1. The van der Waals surface area contributed by atoms with E-state index in [1.54, 1.807) is 0 Å². The van der Waals surface area contributed by atoms with Crippen molar-refractivity contribution in [1.29, 1.82) is 0 Å². The van der Waals surface area contributed by atoms with Crippen LogP contribution in [-0.2, 0) is 9.47 Å². The summed E-state index contributed by atoms with van der Waals surface area (Å²) in [5, 5.41) is 6.76. The van der Waals surface area contributed by atoms with Gasteiger partial charge < -0.3 is 25.0 Å². The number of nitrogens with one attached hydrogen (secondary N) is 2. The van der Waals surface area contributed by atoms with Crippen LogP contribution < -0.4 is 10.6 Å². The zero-order valence-electron chi connectivity index (χ0n) is 15.4. The van der Waals surface area contributed by atoms with Crippen molar-refractivity contribution in [3.8, 4) is 0 Å². The summed E-state index contributed by atoms with van der Waals surface area (Å²) >= 11 is 0. The van der Waals surface area contributed by atoms with E-state index in [1.807, 2.05) is 0 Å². The number of nitrogens with zero attached hydrogens (tertiary/aromatic N) is 2. The van der Waals surface area contributed by atoms with Gasteiger partial charge in [0.2, 0.25) is 0 Å². The quantitative estimate of drug-likeness (QED) is 0.359. The van der Waals surface area contributed by atoms with Crippen molar-refractivity contribution in [3.63, 3.8) is 0 Å². The second kappa shape index (κ2) is 12.5. The smallest absolute Gasteiger partial charge is 0.191 e. The molecular formula is C18H36N4O2. The maximum Gasteiger partial charge on any atom is 0.191 e. The van der Waals surface area contributed by atoms with E-state index >= 15 is 0 Å². The Hall–Kier alpha value is -0.850. The number of piperidine rings is 1. The predicted molar refractivity (Wildman–Crippen MR) is 98.7 cm³/mol. The average Bonchev–Trinajstić information content (AvgIpc) is 3.12. The Morgan fingerprint density at radius 2 is 2.08 bits per heavy atom. The second-order valence-corrected chi connectivity index (χ2v) is 6.65. The Labute approximate surface area is 147 Å². The van der Waals surface area contributed by atoms with Crippen LogP contribution in [0.15, 0.2) is 4.99 Å². The largest absolute Gasteiger partial charge is 0.379 e. The Morgan fingerprint density at radius 1 is 1.21 bits per heavy atom. The first kappa shape index (κ1) is 19.5. The molecule has 2 aliphatic heterocycles. The number of rotatable bonds is 10. The number of likely N-dealkylation sites (tertiary alicyclic amines) is 1. The van der Waals surface area contributed by atoms with Gasteiger partial charge in [-0.15, -0.1) is 0 Å². The summed E-state index contributed by atoms with van der Waals surface area (Å²) < 4.78 is 11.2. The minimum Gasteiger partial charge on any atom is -0.379 e. The van der Waals surface area contributed by atoms with E-state index in [-0.39, 0.29) is 0 Å². The highest BCUT2D eigenvalue weighted by Crippen LogP contribution is 2.11. The first-order valence-corrected chi connectivity index (χ1v) is 9.82. The molecule has 0 aromatic rings. The lowest BCUT2D eigenvalue weighted by Gasteiger charge is -2.26. The highest BCUT2D eigenvalue weighted by molar-refractivity contribution is 5.79. The van der Waals surface area contributed by atoms with Crippen LogP contribution in [0.1, 0.15) is 45.4 Å². The van der Waals surface area contributed by atoms with E-state index in [1.165, 1.54) is 38.8 Å². The van der Waals surface area contributed by atoms with Crippen molar-refractivity contribution >= 4 is 5.96 Å². The fourth-order valence-electron chi connectivity index (χ4n) is 3.21. The highest BCUT2D eigenvalue weighted by Gasteiger charge is 2.14. The molecule has 2 aliphatic rings. The van der Waals surface area contributed by atoms with Gasteiger partial charge >= 0.3 is 0 Å². The molecule has 1 unspecified atom stereocenters. The van der Waals surface area contributed by atoms with E-state index < -0.39 is 0 Å². The van der Waals surface area contributed by atoms with E-state index in [0.29, 0.717) is 6.10 Å². The lowest BCUT2D eigenvalue weighted by atomic mass is 10.1. The molecule has 0 spiro atoms. The SMILES string of the molecule is CCNC(=NCCCOCC1CCCO1)NCCN1CCCCC1. The molecule has 140 valence electrons. The molecule has 2 N–H and O–H groups in total. The topological polar surface area (TPSA) is 58.1 Å². The van der Waals surface area contributed by atoms with Gasteiger partial charge in [-0.2, -0.15) is 0 Å². The summed E-state index contributed by atoms with van der Waals surface area (Å²) in [5.74, 6) is 0.925. The maximum atomic E-state index is 5.68. The van der Waals surface area contributed by atoms with Crippen molar-refractivity contribution in [2.45, 2.75) is 51.6 Å². The molecule has 0 aliphatic carbocycles. The summed E-state index contributed by atoms with van der Waals surface area (Å²) in [4.78, 5) is 7.17. The van der Waals surface area contributed by atoms with Crippen LogP contribution in [0.2, 0.25) is 0 Å². The number of ether oxygens (including phenoxy) is 2. The highest BCUT2D eigenvalue weighted by atomic mass is 16.5. The molecule has 0 radical (unpaired) electrons. The van der Waals surface area contributed by atoms with Crippen molar-refractivity contribution in [2.24, 2.45) is 4.99 Å². The van der Waals surface area contributed by atoms with E-state index in [9.17, 15) is 0 Å². The van der Waals surface area contributed by atoms with Crippen LogP contribution in [0.25, 0.3) is 0 Å². The van der Waals surface area contributed by atoms with Gasteiger partial charge in [0, 0.05) is 39.4 Å². The van der Waals surface area contributed by atoms with Gasteiger partial charge in [0.05, 0.1) is 12.7 Å². The third-order valence-electron chi connectivity index (χ3n) is 4.56. The first-order valence-electron chi connectivity index (χ1n) is 9.82.